The molecule has 31 heavy (non-hydrogen) atoms. The number of hydrogen-bond acceptors (Lipinski definition) is 4. The number of allylic oxidation sites excluding steroid dienone is 1. The fourth-order valence-electron chi connectivity index (χ4n) is 6.57. The zero-order chi connectivity index (χ0) is 21.8. The molecular formula is C26H49N4O+. The summed E-state index contributed by atoms with van der Waals surface area (Å²) in [6.45, 7) is 12.0. The molecule has 2 saturated heterocycles. The Morgan fingerprint density at radius 2 is 1.94 bits per heavy atom. The Bertz CT molecular complexity index is 580. The second-order valence-electron chi connectivity index (χ2n) is 11.5. The van der Waals surface area contributed by atoms with Crippen molar-refractivity contribution in [1.29, 1.82) is 0 Å². The number of hydrazine groups is 1. The van der Waals surface area contributed by atoms with E-state index >= 15 is 0 Å². The van der Waals surface area contributed by atoms with Crippen molar-refractivity contribution in [3.63, 3.8) is 0 Å². The highest BCUT2D eigenvalue weighted by molar-refractivity contribution is 5.13. The number of nitrogens with one attached hydrogen (secondary N) is 3. The molecule has 0 aromatic carbocycles. The van der Waals surface area contributed by atoms with E-state index in [0.717, 1.165) is 30.7 Å². The van der Waals surface area contributed by atoms with Crippen LogP contribution in [0.1, 0.15) is 85.5 Å². The van der Waals surface area contributed by atoms with Crippen molar-refractivity contribution in [2.45, 2.75) is 104 Å². The minimum absolute atomic E-state index is 0.150. The van der Waals surface area contributed by atoms with E-state index in [1.54, 1.807) is 5.57 Å². The molecular weight excluding hydrogens is 384 g/mol. The van der Waals surface area contributed by atoms with Gasteiger partial charge >= 0.3 is 0 Å². The Morgan fingerprint density at radius 3 is 2.65 bits per heavy atom. The van der Waals surface area contributed by atoms with Crippen molar-refractivity contribution >= 4 is 0 Å². The molecule has 5 N–H and O–H groups in total. The van der Waals surface area contributed by atoms with Gasteiger partial charge in [-0.15, -0.1) is 0 Å². The third kappa shape index (κ3) is 6.32. The molecule has 0 amide bonds. The molecule has 2 aliphatic carbocycles. The number of ether oxygens (including phenoxy) is 1. The number of nitrogens with two attached hydrogens (primary N) is 1. The molecule has 3 unspecified atom stereocenters. The summed E-state index contributed by atoms with van der Waals surface area (Å²) < 4.78 is 6.47. The fraction of sp³-hybridized carbons (Fsp3) is 0.923. The van der Waals surface area contributed by atoms with Crippen LogP contribution in [0.5, 0.6) is 0 Å². The van der Waals surface area contributed by atoms with E-state index in [2.05, 4.69) is 55.3 Å². The average molecular weight is 434 g/mol. The number of piperidine rings is 1. The third-order valence-corrected chi connectivity index (χ3v) is 8.80. The normalized spacial score (nSPS) is 42.0. The van der Waals surface area contributed by atoms with Gasteiger partial charge in [0.15, 0.2) is 0 Å². The molecule has 0 aromatic heterocycles. The first kappa shape index (κ1) is 23.7. The molecule has 0 radical (unpaired) electrons. The SMILES string of the molecule is CC1=C[C@@H](CNC2CCCC[NH2+]2)[C@H](C(C)C)C[C@@H]1CC1NNC(C2CCC(C)CC2)O1. The summed E-state index contributed by atoms with van der Waals surface area (Å²) in [6.07, 6.45) is 15.4. The van der Waals surface area contributed by atoms with E-state index in [1.165, 1.54) is 57.9 Å². The van der Waals surface area contributed by atoms with Gasteiger partial charge in [0.2, 0.25) is 0 Å². The summed E-state index contributed by atoms with van der Waals surface area (Å²) in [7, 11) is 0. The van der Waals surface area contributed by atoms with Crippen LogP contribution in [0.4, 0.5) is 0 Å². The van der Waals surface area contributed by atoms with Gasteiger partial charge in [-0.3, -0.25) is 5.32 Å². The van der Waals surface area contributed by atoms with E-state index < -0.39 is 0 Å². The van der Waals surface area contributed by atoms with Crippen LogP contribution in [0.25, 0.3) is 0 Å². The van der Waals surface area contributed by atoms with Crippen molar-refractivity contribution in [2.75, 3.05) is 13.1 Å². The summed E-state index contributed by atoms with van der Waals surface area (Å²) in [6, 6.07) is 0. The summed E-state index contributed by atoms with van der Waals surface area (Å²) in [5, 5.41) is 6.39. The molecule has 4 aliphatic rings. The summed E-state index contributed by atoms with van der Waals surface area (Å²) >= 11 is 0. The van der Waals surface area contributed by atoms with Gasteiger partial charge in [0.1, 0.15) is 18.6 Å². The molecule has 5 heteroatoms. The predicted octanol–water partition coefficient (Wildman–Crippen LogP) is 3.50. The van der Waals surface area contributed by atoms with E-state index in [9.17, 15) is 0 Å². The van der Waals surface area contributed by atoms with Gasteiger partial charge in [-0.05, 0) is 81.0 Å². The van der Waals surface area contributed by atoms with Gasteiger partial charge in [-0.25, -0.2) is 10.9 Å². The number of hydrogen-bond donors (Lipinski definition) is 4. The zero-order valence-corrected chi connectivity index (χ0v) is 20.5. The van der Waals surface area contributed by atoms with Crippen LogP contribution in [0.3, 0.4) is 0 Å². The van der Waals surface area contributed by atoms with E-state index in [1.807, 2.05) is 0 Å². The van der Waals surface area contributed by atoms with Gasteiger partial charge in [-0.2, -0.15) is 0 Å². The van der Waals surface area contributed by atoms with Gasteiger partial charge in [0.25, 0.3) is 0 Å². The van der Waals surface area contributed by atoms with Crippen LogP contribution in [-0.4, -0.2) is 31.7 Å². The Labute approximate surface area is 190 Å². The Balaban J connectivity index is 1.29. The van der Waals surface area contributed by atoms with Crippen LogP contribution in [0.15, 0.2) is 11.6 Å². The molecule has 178 valence electrons. The molecule has 0 aromatic rings. The standard InChI is InChI=1S/C26H48N4O/c1-17(2)23-14-21(19(4)13-22(23)16-28-24-7-5-6-12-27-24)15-25-29-30-26(31-25)20-10-8-18(3)9-11-20/h13,17-18,20-30H,5-12,14-16H2,1-4H3/p+1/t18?,20?,21-,22+,23+,24?,25?,26?/m1/s1. The molecule has 3 fully saturated rings. The van der Waals surface area contributed by atoms with E-state index in [0.29, 0.717) is 23.9 Å². The largest absolute Gasteiger partial charge is 0.342 e. The molecule has 0 spiro atoms. The minimum atomic E-state index is 0.150. The van der Waals surface area contributed by atoms with Crippen molar-refractivity contribution in [2.24, 2.45) is 35.5 Å². The van der Waals surface area contributed by atoms with Crippen LogP contribution < -0.4 is 21.5 Å². The molecule has 0 bridgehead atoms. The summed E-state index contributed by atoms with van der Waals surface area (Å²) in [4.78, 5) is 0. The first-order chi connectivity index (χ1) is 15.0. The molecule has 1 saturated carbocycles. The highest BCUT2D eigenvalue weighted by atomic mass is 16.5. The van der Waals surface area contributed by atoms with Crippen LogP contribution in [0, 0.1) is 35.5 Å². The van der Waals surface area contributed by atoms with Gasteiger partial charge in [-0.1, -0.05) is 45.3 Å². The van der Waals surface area contributed by atoms with Gasteiger partial charge < -0.3 is 10.1 Å². The maximum atomic E-state index is 6.47. The number of rotatable bonds is 7. The molecule has 5 nitrogen and oxygen atoms in total. The maximum absolute atomic E-state index is 6.47. The third-order valence-electron chi connectivity index (χ3n) is 8.80. The zero-order valence-electron chi connectivity index (χ0n) is 20.5. The van der Waals surface area contributed by atoms with Crippen molar-refractivity contribution in [1.82, 2.24) is 16.2 Å². The van der Waals surface area contributed by atoms with Crippen LogP contribution in [0.2, 0.25) is 0 Å². The first-order valence-electron chi connectivity index (χ1n) is 13.4. The van der Waals surface area contributed by atoms with Crippen molar-refractivity contribution < 1.29 is 10.1 Å². The first-order valence-corrected chi connectivity index (χ1v) is 13.4. The minimum Gasteiger partial charge on any atom is -0.342 e. The summed E-state index contributed by atoms with van der Waals surface area (Å²) in [5.74, 6) is 4.35. The molecule has 2 heterocycles. The van der Waals surface area contributed by atoms with Crippen LogP contribution in [-0.2, 0) is 4.74 Å². The smallest absolute Gasteiger partial charge is 0.139 e. The lowest BCUT2D eigenvalue weighted by atomic mass is 9.69. The van der Waals surface area contributed by atoms with Crippen molar-refractivity contribution in [3.05, 3.63) is 11.6 Å². The van der Waals surface area contributed by atoms with Gasteiger partial charge in [0.05, 0.1) is 6.54 Å². The predicted molar refractivity (Wildman–Crippen MR) is 127 cm³/mol. The maximum Gasteiger partial charge on any atom is 0.139 e. The Morgan fingerprint density at radius 1 is 1.13 bits per heavy atom. The molecule has 6 atom stereocenters. The topological polar surface area (TPSA) is 61.9 Å². The van der Waals surface area contributed by atoms with Crippen molar-refractivity contribution in [3.8, 4) is 0 Å². The highest BCUT2D eigenvalue weighted by Gasteiger charge is 2.37. The lowest BCUT2D eigenvalue weighted by molar-refractivity contribution is -0.702. The molecule has 2 aliphatic heterocycles. The van der Waals surface area contributed by atoms with E-state index in [4.69, 9.17) is 4.74 Å². The second kappa shape index (κ2) is 11.1. The van der Waals surface area contributed by atoms with Crippen LogP contribution >= 0.6 is 0 Å². The lowest BCUT2D eigenvalue weighted by Gasteiger charge is -2.38. The number of quaternary nitrogens is 1. The average Bonchev–Trinajstić information content (AvgIpc) is 3.23. The fourth-order valence-corrected chi connectivity index (χ4v) is 6.57. The quantitative estimate of drug-likeness (QED) is 0.464. The summed E-state index contributed by atoms with van der Waals surface area (Å²) in [5.41, 5.74) is 8.56. The highest BCUT2D eigenvalue weighted by Crippen LogP contribution is 2.40. The monoisotopic (exact) mass is 433 g/mol. The Kier molecular flexibility index (Phi) is 8.49. The lowest BCUT2D eigenvalue weighted by Crippen LogP contribution is -2.94. The second-order valence-corrected chi connectivity index (χ2v) is 11.5. The van der Waals surface area contributed by atoms with Gasteiger partial charge in [0, 0.05) is 13.0 Å². The molecule has 4 rings (SSSR count). The Hall–Kier alpha value is -0.460. The van der Waals surface area contributed by atoms with E-state index in [-0.39, 0.29) is 12.5 Å².